The minimum atomic E-state index is 0.176. The lowest BCUT2D eigenvalue weighted by Crippen LogP contribution is -2.45. The van der Waals surface area contributed by atoms with E-state index in [1.165, 1.54) is 0 Å². The Hall–Kier alpha value is -3.95. The number of benzene rings is 2. The maximum atomic E-state index is 9.12. The van der Waals surface area contributed by atoms with E-state index in [1.807, 2.05) is 55.6 Å². The lowest BCUT2D eigenvalue weighted by atomic mass is 9.97. The topological polar surface area (TPSA) is 71.3 Å². The largest absolute Gasteiger partial charge is 0.495 e. The maximum absolute atomic E-state index is 9.12. The zero-order valence-electron chi connectivity index (χ0n) is 20.4. The first-order chi connectivity index (χ1) is 17.0. The number of nitrogens with zero attached hydrogens (tertiary/aromatic N) is 4. The van der Waals surface area contributed by atoms with Gasteiger partial charge in [-0.15, -0.1) is 0 Å². The van der Waals surface area contributed by atoms with Gasteiger partial charge < -0.3 is 14.4 Å². The molecule has 35 heavy (non-hydrogen) atoms. The Bertz CT molecular complexity index is 1420. The number of nitriles is 1. The highest BCUT2D eigenvalue weighted by Crippen LogP contribution is 2.40. The summed E-state index contributed by atoms with van der Waals surface area (Å²) in [6.07, 6.45) is 2.22. The average Bonchev–Trinajstić information content (AvgIpc) is 2.87. The highest BCUT2D eigenvalue weighted by Gasteiger charge is 2.24. The Morgan fingerprint density at radius 1 is 0.971 bits per heavy atom. The Balaban J connectivity index is 1.56. The smallest absolute Gasteiger partial charge is 0.137 e. The summed E-state index contributed by atoms with van der Waals surface area (Å²) in [5.74, 6) is 1.74. The number of morpholine rings is 1. The normalized spacial score (nSPS) is 17.9. The third kappa shape index (κ3) is 4.31. The van der Waals surface area contributed by atoms with E-state index >= 15 is 0 Å². The number of ether oxygens (including phenoxy) is 2. The molecule has 0 bridgehead atoms. The number of aromatic nitrogens is 2. The van der Waals surface area contributed by atoms with Gasteiger partial charge in [0.15, 0.2) is 0 Å². The lowest BCUT2D eigenvalue weighted by molar-refractivity contribution is -0.00546. The molecule has 0 N–H and O–H groups in total. The predicted molar refractivity (Wildman–Crippen MR) is 139 cm³/mol. The summed E-state index contributed by atoms with van der Waals surface area (Å²) in [5.41, 5.74) is 6.34. The van der Waals surface area contributed by atoms with Gasteiger partial charge in [-0.25, -0.2) is 4.98 Å². The molecule has 6 heteroatoms. The van der Waals surface area contributed by atoms with Gasteiger partial charge in [-0.1, -0.05) is 24.3 Å². The van der Waals surface area contributed by atoms with Gasteiger partial charge in [0, 0.05) is 47.1 Å². The van der Waals surface area contributed by atoms with Crippen LogP contribution in [-0.4, -0.2) is 42.4 Å². The molecule has 0 radical (unpaired) electrons. The summed E-state index contributed by atoms with van der Waals surface area (Å²) < 4.78 is 11.8. The van der Waals surface area contributed by atoms with Crippen molar-refractivity contribution in [2.24, 2.45) is 0 Å². The Labute approximate surface area is 205 Å². The van der Waals surface area contributed by atoms with Crippen LogP contribution in [0.3, 0.4) is 0 Å². The number of fused-ring (bicyclic) bond motifs is 1. The first-order valence-corrected chi connectivity index (χ1v) is 11.8. The zero-order chi connectivity index (χ0) is 24.5. The first kappa shape index (κ1) is 22.8. The van der Waals surface area contributed by atoms with Crippen LogP contribution in [0.4, 0.5) is 5.82 Å². The fourth-order valence-electron chi connectivity index (χ4n) is 4.94. The molecule has 1 fully saturated rings. The summed E-state index contributed by atoms with van der Waals surface area (Å²) in [7, 11) is 1.69. The van der Waals surface area contributed by atoms with Crippen LogP contribution >= 0.6 is 0 Å². The first-order valence-electron chi connectivity index (χ1n) is 11.8. The Morgan fingerprint density at radius 2 is 1.71 bits per heavy atom. The highest BCUT2D eigenvalue weighted by atomic mass is 16.5. The SMILES string of the molecule is COc1c(-c2ccc(N3CC(C)OC(C)C3)nc2C)cnc2c(-c3ccc(C#N)cc3)cccc12. The second-order valence-corrected chi connectivity index (χ2v) is 9.06. The van der Waals surface area contributed by atoms with Crippen LogP contribution < -0.4 is 9.64 Å². The van der Waals surface area contributed by atoms with E-state index in [0.29, 0.717) is 5.56 Å². The van der Waals surface area contributed by atoms with E-state index in [1.54, 1.807) is 7.11 Å². The molecule has 0 aliphatic carbocycles. The lowest BCUT2D eigenvalue weighted by Gasteiger charge is -2.36. The molecule has 1 saturated heterocycles. The van der Waals surface area contributed by atoms with E-state index in [-0.39, 0.29) is 12.2 Å². The monoisotopic (exact) mass is 464 g/mol. The summed E-state index contributed by atoms with van der Waals surface area (Å²) in [5, 5.41) is 10.1. The van der Waals surface area contributed by atoms with Gasteiger partial charge in [-0.3, -0.25) is 4.98 Å². The van der Waals surface area contributed by atoms with Crippen molar-refractivity contribution in [1.29, 1.82) is 5.26 Å². The number of methoxy groups -OCH3 is 1. The molecule has 5 rings (SSSR count). The Morgan fingerprint density at radius 3 is 2.37 bits per heavy atom. The van der Waals surface area contributed by atoms with Gasteiger partial charge in [-0.05, 0) is 56.7 Å². The zero-order valence-corrected chi connectivity index (χ0v) is 20.4. The van der Waals surface area contributed by atoms with Crippen LogP contribution in [0.15, 0.2) is 60.8 Å². The highest BCUT2D eigenvalue weighted by molar-refractivity contribution is 6.00. The minimum absolute atomic E-state index is 0.176. The standard InChI is InChI=1S/C29H28N4O2/c1-18-16-33(17-19(2)35-18)27-13-12-23(20(3)32-27)26-15-31-28-24(6-5-7-25(28)29(26)34-4)22-10-8-21(14-30)9-11-22/h5-13,15,18-19H,16-17H2,1-4H3. The van der Waals surface area contributed by atoms with Crippen LogP contribution in [-0.2, 0) is 4.74 Å². The fraction of sp³-hybridized carbons (Fsp3) is 0.276. The molecule has 3 heterocycles. The van der Waals surface area contributed by atoms with Gasteiger partial charge in [0.25, 0.3) is 0 Å². The number of aryl methyl sites for hydroxylation is 1. The van der Waals surface area contributed by atoms with Crippen molar-refractivity contribution in [2.75, 3.05) is 25.1 Å². The minimum Gasteiger partial charge on any atom is -0.495 e. The van der Waals surface area contributed by atoms with Crippen LogP contribution in [0.1, 0.15) is 25.1 Å². The van der Waals surface area contributed by atoms with Crippen molar-refractivity contribution < 1.29 is 9.47 Å². The van der Waals surface area contributed by atoms with Crippen LogP contribution in [0.5, 0.6) is 5.75 Å². The predicted octanol–water partition coefficient (Wildman–Crippen LogP) is 5.77. The van der Waals surface area contributed by atoms with Crippen molar-refractivity contribution in [3.05, 3.63) is 72.1 Å². The third-order valence-electron chi connectivity index (χ3n) is 6.48. The van der Waals surface area contributed by atoms with Crippen molar-refractivity contribution in [2.45, 2.75) is 33.0 Å². The molecular formula is C29H28N4O2. The second-order valence-electron chi connectivity index (χ2n) is 9.06. The number of pyridine rings is 2. The van der Waals surface area contributed by atoms with E-state index in [4.69, 9.17) is 24.7 Å². The molecule has 0 saturated carbocycles. The molecule has 2 aromatic heterocycles. The quantitative estimate of drug-likeness (QED) is 0.382. The molecule has 6 nitrogen and oxygen atoms in total. The van der Waals surface area contributed by atoms with Gasteiger partial charge in [0.2, 0.25) is 0 Å². The molecule has 0 amide bonds. The summed E-state index contributed by atoms with van der Waals surface area (Å²) in [6.45, 7) is 7.89. The molecule has 176 valence electrons. The average molecular weight is 465 g/mol. The number of hydrogen-bond donors (Lipinski definition) is 0. The van der Waals surface area contributed by atoms with Gasteiger partial charge in [0.05, 0.1) is 36.5 Å². The molecular weight excluding hydrogens is 436 g/mol. The molecule has 2 aromatic carbocycles. The van der Waals surface area contributed by atoms with Crippen molar-refractivity contribution in [3.63, 3.8) is 0 Å². The molecule has 1 aliphatic heterocycles. The van der Waals surface area contributed by atoms with Gasteiger partial charge in [0.1, 0.15) is 11.6 Å². The fourth-order valence-corrected chi connectivity index (χ4v) is 4.94. The molecule has 2 unspecified atom stereocenters. The maximum Gasteiger partial charge on any atom is 0.137 e. The van der Waals surface area contributed by atoms with Crippen molar-refractivity contribution in [3.8, 4) is 34.1 Å². The van der Waals surface area contributed by atoms with Crippen LogP contribution in [0.25, 0.3) is 33.2 Å². The summed E-state index contributed by atoms with van der Waals surface area (Å²) >= 11 is 0. The van der Waals surface area contributed by atoms with E-state index < -0.39 is 0 Å². The number of hydrogen-bond acceptors (Lipinski definition) is 6. The van der Waals surface area contributed by atoms with Crippen molar-refractivity contribution in [1.82, 2.24) is 9.97 Å². The number of para-hydroxylation sites is 1. The number of rotatable bonds is 4. The summed E-state index contributed by atoms with van der Waals surface area (Å²) in [4.78, 5) is 12.1. The molecule has 1 aliphatic rings. The number of anilines is 1. The Kier molecular flexibility index (Phi) is 6.10. The van der Waals surface area contributed by atoms with E-state index in [9.17, 15) is 0 Å². The third-order valence-corrected chi connectivity index (χ3v) is 6.48. The summed E-state index contributed by atoms with van der Waals surface area (Å²) in [6, 6.07) is 20.0. The van der Waals surface area contributed by atoms with Crippen LogP contribution in [0, 0.1) is 18.3 Å². The molecule has 4 aromatic rings. The van der Waals surface area contributed by atoms with Gasteiger partial charge >= 0.3 is 0 Å². The molecule has 0 spiro atoms. The molecule has 2 atom stereocenters. The second kappa shape index (κ2) is 9.36. The van der Waals surface area contributed by atoms with Crippen LogP contribution in [0.2, 0.25) is 0 Å². The van der Waals surface area contributed by atoms with Gasteiger partial charge in [-0.2, -0.15) is 5.26 Å². The van der Waals surface area contributed by atoms with E-state index in [2.05, 4.69) is 36.9 Å². The van der Waals surface area contributed by atoms with E-state index in [0.717, 1.165) is 63.5 Å². The van der Waals surface area contributed by atoms with Crippen molar-refractivity contribution >= 4 is 16.7 Å².